The molecule has 2 fully saturated rings. The van der Waals surface area contributed by atoms with Gasteiger partial charge < -0.3 is 10.2 Å². The maximum atomic E-state index is 14.3. The third-order valence-corrected chi connectivity index (χ3v) is 7.27. The summed E-state index contributed by atoms with van der Waals surface area (Å²) in [4.78, 5) is 0. The molecule has 1 aromatic rings. The van der Waals surface area contributed by atoms with Crippen LogP contribution in [0.2, 0.25) is 0 Å². The predicted octanol–water partition coefficient (Wildman–Crippen LogP) is 3.95. The van der Waals surface area contributed by atoms with E-state index in [9.17, 15) is 14.6 Å². The Morgan fingerprint density at radius 1 is 1.18 bits per heavy atom. The third-order valence-electron chi connectivity index (χ3n) is 7.27. The number of aliphatic hydroxyl groups is 1. The van der Waals surface area contributed by atoms with Crippen LogP contribution in [0.15, 0.2) is 18.2 Å². The second-order valence-corrected chi connectivity index (χ2v) is 8.24. The normalized spacial score (nSPS) is 46.7. The van der Waals surface area contributed by atoms with Crippen molar-refractivity contribution in [3.8, 4) is 5.75 Å². The fourth-order valence-corrected chi connectivity index (χ4v) is 6.03. The van der Waals surface area contributed by atoms with Crippen molar-refractivity contribution in [1.29, 1.82) is 0 Å². The summed E-state index contributed by atoms with van der Waals surface area (Å²) in [6.45, 7) is 4.40. The number of aromatic hydroxyl groups is 1. The summed E-state index contributed by atoms with van der Waals surface area (Å²) in [7, 11) is 0. The monoisotopic (exact) mass is 304 g/mol. The highest BCUT2D eigenvalue weighted by atomic mass is 19.1. The molecule has 6 atom stereocenters. The summed E-state index contributed by atoms with van der Waals surface area (Å²) in [5.74, 6) is 1.00. The Bertz CT molecular complexity index is 615. The smallest absolute Gasteiger partial charge is 0.127 e. The number of aliphatic hydroxyl groups excluding tert-OH is 1. The number of fused-ring (bicyclic) bond motifs is 5. The number of hydrogen-bond acceptors (Lipinski definition) is 2. The molecule has 0 aromatic heterocycles. The van der Waals surface area contributed by atoms with Crippen molar-refractivity contribution in [2.45, 2.75) is 64.1 Å². The summed E-state index contributed by atoms with van der Waals surface area (Å²) in [5.41, 5.74) is 2.37. The zero-order valence-corrected chi connectivity index (χ0v) is 13.3. The summed E-state index contributed by atoms with van der Waals surface area (Å²) < 4.78 is 14.3. The van der Waals surface area contributed by atoms with Gasteiger partial charge in [-0.2, -0.15) is 0 Å². The zero-order chi connectivity index (χ0) is 15.7. The lowest BCUT2D eigenvalue weighted by molar-refractivity contribution is -0.0725. The molecule has 22 heavy (non-hydrogen) atoms. The van der Waals surface area contributed by atoms with Crippen molar-refractivity contribution in [3.05, 3.63) is 29.3 Å². The molecule has 2 nitrogen and oxygen atoms in total. The number of alkyl halides is 1. The van der Waals surface area contributed by atoms with Gasteiger partial charge in [0.15, 0.2) is 0 Å². The highest BCUT2D eigenvalue weighted by molar-refractivity contribution is 5.41. The Morgan fingerprint density at radius 2 is 1.95 bits per heavy atom. The average Bonchev–Trinajstić information content (AvgIpc) is 2.72. The summed E-state index contributed by atoms with van der Waals surface area (Å²) in [6, 6.07) is 5.73. The fourth-order valence-electron chi connectivity index (χ4n) is 6.03. The molecule has 2 N–H and O–H groups in total. The summed E-state index contributed by atoms with van der Waals surface area (Å²) >= 11 is 0. The van der Waals surface area contributed by atoms with E-state index in [1.165, 1.54) is 11.1 Å². The van der Waals surface area contributed by atoms with E-state index < -0.39 is 12.3 Å². The van der Waals surface area contributed by atoms with Gasteiger partial charge in [-0.05, 0) is 78.0 Å². The molecule has 3 aliphatic rings. The molecule has 3 heteroatoms. The van der Waals surface area contributed by atoms with Crippen molar-refractivity contribution < 1.29 is 14.6 Å². The van der Waals surface area contributed by atoms with Crippen LogP contribution in [0.3, 0.4) is 0 Å². The van der Waals surface area contributed by atoms with Gasteiger partial charge in [-0.1, -0.05) is 19.9 Å². The van der Waals surface area contributed by atoms with E-state index in [-0.39, 0.29) is 16.7 Å². The van der Waals surface area contributed by atoms with Crippen LogP contribution in [0.25, 0.3) is 0 Å². The van der Waals surface area contributed by atoms with E-state index in [0.29, 0.717) is 18.1 Å². The first-order valence-corrected chi connectivity index (χ1v) is 8.50. The second kappa shape index (κ2) is 4.47. The van der Waals surface area contributed by atoms with E-state index in [2.05, 4.69) is 19.9 Å². The molecule has 0 saturated heterocycles. The maximum absolute atomic E-state index is 14.3. The van der Waals surface area contributed by atoms with Crippen LogP contribution in [-0.4, -0.2) is 22.5 Å². The third kappa shape index (κ3) is 1.69. The Kier molecular flexibility index (Phi) is 2.95. The quantitative estimate of drug-likeness (QED) is 0.762. The number of halogens is 1. The largest absolute Gasteiger partial charge is 0.508 e. The molecule has 0 spiro atoms. The zero-order valence-electron chi connectivity index (χ0n) is 13.3. The molecule has 0 unspecified atom stereocenters. The minimum Gasteiger partial charge on any atom is -0.508 e. The van der Waals surface area contributed by atoms with Crippen LogP contribution in [0.4, 0.5) is 4.39 Å². The summed E-state index contributed by atoms with van der Waals surface area (Å²) in [6.07, 6.45) is 2.47. The lowest BCUT2D eigenvalue weighted by Crippen LogP contribution is -2.50. The van der Waals surface area contributed by atoms with Crippen LogP contribution in [0, 0.1) is 16.7 Å². The van der Waals surface area contributed by atoms with Gasteiger partial charge in [0.05, 0.1) is 6.10 Å². The van der Waals surface area contributed by atoms with Crippen LogP contribution in [-0.2, 0) is 6.42 Å². The average molecular weight is 304 g/mol. The number of phenols is 1. The molecule has 0 bridgehead atoms. The summed E-state index contributed by atoms with van der Waals surface area (Å²) in [5, 5.41) is 20.1. The van der Waals surface area contributed by atoms with Gasteiger partial charge in [0.25, 0.3) is 0 Å². The maximum Gasteiger partial charge on any atom is 0.127 e. The fraction of sp³-hybridized carbons (Fsp3) is 0.684. The SMILES string of the molecule is C[C@@]12CCc3cc(O)ccc3[C@H]1CC[C@@]1(C)[C@H]2C[C@@H](F)[C@@H]1O. The minimum absolute atomic E-state index is 0.0544. The predicted molar refractivity (Wildman–Crippen MR) is 83.6 cm³/mol. The first-order chi connectivity index (χ1) is 10.4. The Morgan fingerprint density at radius 3 is 2.73 bits per heavy atom. The van der Waals surface area contributed by atoms with E-state index in [4.69, 9.17) is 0 Å². The standard InChI is InChI=1S/C19H25FO2/c1-18-7-5-11-9-12(21)3-4-13(11)14(18)6-8-19(2)16(18)10-15(20)17(19)22/h3-4,9,14-17,21-22H,5-8,10H2,1-2H3/t14-,15-,16+,17+,18-,19+/m1/s1. The Labute approximate surface area is 131 Å². The highest BCUT2D eigenvalue weighted by Crippen LogP contribution is 2.67. The number of phenolic OH excluding ortho intramolecular Hbond substituents is 1. The molecule has 0 aliphatic heterocycles. The van der Waals surface area contributed by atoms with Gasteiger partial charge in [0.1, 0.15) is 11.9 Å². The van der Waals surface area contributed by atoms with Crippen molar-refractivity contribution in [2.24, 2.45) is 16.7 Å². The minimum atomic E-state index is -1.08. The molecule has 0 heterocycles. The van der Waals surface area contributed by atoms with Crippen LogP contribution in [0.5, 0.6) is 5.75 Å². The van der Waals surface area contributed by atoms with E-state index >= 15 is 0 Å². The van der Waals surface area contributed by atoms with Gasteiger partial charge >= 0.3 is 0 Å². The molecular formula is C19H25FO2. The van der Waals surface area contributed by atoms with Crippen LogP contribution in [0.1, 0.15) is 56.6 Å². The van der Waals surface area contributed by atoms with E-state index in [1.54, 1.807) is 6.07 Å². The first-order valence-electron chi connectivity index (χ1n) is 8.50. The van der Waals surface area contributed by atoms with Gasteiger partial charge in [0, 0.05) is 0 Å². The first kappa shape index (κ1) is 14.5. The van der Waals surface area contributed by atoms with Crippen molar-refractivity contribution in [3.63, 3.8) is 0 Å². The highest BCUT2D eigenvalue weighted by Gasteiger charge is 2.62. The number of aryl methyl sites for hydroxylation is 1. The molecule has 4 rings (SSSR count). The molecule has 3 aliphatic carbocycles. The topological polar surface area (TPSA) is 40.5 Å². The number of benzene rings is 1. The van der Waals surface area contributed by atoms with Crippen molar-refractivity contribution in [2.75, 3.05) is 0 Å². The van der Waals surface area contributed by atoms with Crippen LogP contribution >= 0.6 is 0 Å². The molecular weight excluding hydrogens is 279 g/mol. The molecule has 0 radical (unpaired) electrons. The lowest BCUT2D eigenvalue weighted by atomic mass is 9.48. The van der Waals surface area contributed by atoms with Crippen LogP contribution < -0.4 is 0 Å². The van der Waals surface area contributed by atoms with Gasteiger partial charge in [-0.3, -0.25) is 0 Å². The van der Waals surface area contributed by atoms with Gasteiger partial charge in [-0.15, -0.1) is 0 Å². The number of hydrogen-bond donors (Lipinski definition) is 2. The Hall–Kier alpha value is -1.09. The lowest BCUT2D eigenvalue weighted by Gasteiger charge is -2.56. The number of rotatable bonds is 0. The molecule has 1 aromatic carbocycles. The molecule has 0 amide bonds. The Balaban J connectivity index is 1.78. The van der Waals surface area contributed by atoms with Crippen molar-refractivity contribution >= 4 is 0 Å². The molecule has 120 valence electrons. The molecule has 2 saturated carbocycles. The van der Waals surface area contributed by atoms with E-state index in [1.807, 2.05) is 6.07 Å². The van der Waals surface area contributed by atoms with E-state index in [0.717, 1.165) is 25.7 Å². The van der Waals surface area contributed by atoms with Gasteiger partial charge in [0.2, 0.25) is 0 Å². The second-order valence-electron chi connectivity index (χ2n) is 8.24. The van der Waals surface area contributed by atoms with Crippen molar-refractivity contribution in [1.82, 2.24) is 0 Å². The van der Waals surface area contributed by atoms with Gasteiger partial charge in [-0.25, -0.2) is 4.39 Å².